The lowest BCUT2D eigenvalue weighted by Gasteiger charge is -2.20. The van der Waals surface area contributed by atoms with Crippen molar-refractivity contribution >= 4 is 5.82 Å². The van der Waals surface area contributed by atoms with Crippen molar-refractivity contribution in [1.29, 1.82) is 0 Å². The number of likely N-dealkylation sites (tertiary alicyclic amines) is 1. The third kappa shape index (κ3) is 3.08. The standard InChI is InChI=1S/C16H25N3/c1-16(2,3)12-4-7-15(17-10-12)18-13-8-9-19(11-13)14-5-6-14/h4,7,10,13-14H,5-6,8-9,11H2,1-3H3,(H,17,18). The number of rotatable bonds is 3. The van der Waals surface area contributed by atoms with Crippen molar-refractivity contribution < 1.29 is 0 Å². The molecular weight excluding hydrogens is 234 g/mol. The van der Waals surface area contributed by atoms with E-state index in [2.05, 4.69) is 48.1 Å². The van der Waals surface area contributed by atoms with Gasteiger partial charge in [0, 0.05) is 31.4 Å². The molecule has 1 atom stereocenters. The Kier molecular flexibility index (Phi) is 3.25. The maximum atomic E-state index is 4.56. The molecule has 104 valence electrons. The number of hydrogen-bond donors (Lipinski definition) is 1. The van der Waals surface area contributed by atoms with Gasteiger partial charge in [0.1, 0.15) is 5.82 Å². The number of nitrogens with zero attached hydrogens (tertiary/aromatic N) is 2. The van der Waals surface area contributed by atoms with E-state index < -0.39 is 0 Å². The largest absolute Gasteiger partial charge is 0.366 e. The molecule has 1 aromatic heterocycles. The van der Waals surface area contributed by atoms with Crippen LogP contribution in [0.4, 0.5) is 5.82 Å². The van der Waals surface area contributed by atoms with Gasteiger partial charge in [0.2, 0.25) is 0 Å². The Morgan fingerprint density at radius 3 is 2.58 bits per heavy atom. The van der Waals surface area contributed by atoms with E-state index in [-0.39, 0.29) is 5.41 Å². The first kappa shape index (κ1) is 12.9. The molecule has 1 aliphatic heterocycles. The molecule has 2 aliphatic rings. The summed E-state index contributed by atoms with van der Waals surface area (Å²) in [6, 6.07) is 5.79. The van der Waals surface area contributed by atoms with Crippen LogP contribution >= 0.6 is 0 Å². The van der Waals surface area contributed by atoms with Gasteiger partial charge in [0.15, 0.2) is 0 Å². The molecule has 0 radical (unpaired) electrons. The molecule has 3 heteroatoms. The van der Waals surface area contributed by atoms with Crippen LogP contribution in [-0.2, 0) is 5.41 Å². The van der Waals surface area contributed by atoms with Gasteiger partial charge in [-0.15, -0.1) is 0 Å². The molecule has 1 unspecified atom stereocenters. The second-order valence-electron chi connectivity index (χ2n) is 7.04. The fourth-order valence-electron chi connectivity index (χ4n) is 2.81. The van der Waals surface area contributed by atoms with Gasteiger partial charge in [0.25, 0.3) is 0 Å². The van der Waals surface area contributed by atoms with Crippen molar-refractivity contribution in [2.75, 3.05) is 18.4 Å². The topological polar surface area (TPSA) is 28.2 Å². The van der Waals surface area contributed by atoms with E-state index in [4.69, 9.17) is 0 Å². The normalized spacial score (nSPS) is 24.7. The second-order valence-corrected chi connectivity index (χ2v) is 7.04. The van der Waals surface area contributed by atoms with Gasteiger partial charge in [-0.2, -0.15) is 0 Å². The van der Waals surface area contributed by atoms with Gasteiger partial charge in [0.05, 0.1) is 0 Å². The number of anilines is 1. The van der Waals surface area contributed by atoms with Gasteiger partial charge in [-0.1, -0.05) is 26.8 Å². The van der Waals surface area contributed by atoms with E-state index >= 15 is 0 Å². The zero-order valence-corrected chi connectivity index (χ0v) is 12.3. The first-order chi connectivity index (χ1) is 9.02. The van der Waals surface area contributed by atoms with Crippen molar-refractivity contribution in [1.82, 2.24) is 9.88 Å². The monoisotopic (exact) mass is 259 g/mol. The molecule has 1 aromatic rings. The fraction of sp³-hybridized carbons (Fsp3) is 0.688. The van der Waals surface area contributed by atoms with Gasteiger partial charge >= 0.3 is 0 Å². The van der Waals surface area contributed by atoms with Crippen LogP contribution in [0.2, 0.25) is 0 Å². The van der Waals surface area contributed by atoms with Crippen LogP contribution in [0.1, 0.15) is 45.6 Å². The molecule has 0 amide bonds. The zero-order valence-electron chi connectivity index (χ0n) is 12.3. The summed E-state index contributed by atoms with van der Waals surface area (Å²) in [5.41, 5.74) is 1.48. The Labute approximate surface area is 116 Å². The highest BCUT2D eigenvalue weighted by atomic mass is 15.2. The SMILES string of the molecule is CC(C)(C)c1ccc(NC2CCN(C3CC3)C2)nc1. The molecule has 2 fully saturated rings. The molecule has 0 spiro atoms. The highest BCUT2D eigenvalue weighted by molar-refractivity contribution is 5.38. The van der Waals surface area contributed by atoms with Gasteiger partial charge in [-0.25, -0.2) is 4.98 Å². The average Bonchev–Trinajstić information content (AvgIpc) is 3.10. The molecule has 2 heterocycles. The quantitative estimate of drug-likeness (QED) is 0.904. The smallest absolute Gasteiger partial charge is 0.126 e. The number of hydrogen-bond acceptors (Lipinski definition) is 3. The summed E-state index contributed by atoms with van der Waals surface area (Å²) in [6.07, 6.45) is 6.08. The Bertz CT molecular complexity index is 428. The Morgan fingerprint density at radius 1 is 1.21 bits per heavy atom. The molecule has 1 saturated heterocycles. The van der Waals surface area contributed by atoms with Crippen molar-refractivity contribution in [3.05, 3.63) is 23.9 Å². The summed E-state index contributed by atoms with van der Waals surface area (Å²) in [5.74, 6) is 1.02. The van der Waals surface area contributed by atoms with E-state index in [1.54, 1.807) is 0 Å². The van der Waals surface area contributed by atoms with E-state index in [1.807, 2.05) is 6.20 Å². The molecule has 1 aliphatic carbocycles. The third-order valence-electron chi connectivity index (χ3n) is 4.26. The zero-order chi connectivity index (χ0) is 13.5. The molecule has 3 rings (SSSR count). The van der Waals surface area contributed by atoms with Crippen LogP contribution < -0.4 is 5.32 Å². The molecule has 0 bridgehead atoms. The predicted octanol–water partition coefficient (Wildman–Crippen LogP) is 3.03. The van der Waals surface area contributed by atoms with Crippen molar-refractivity contribution in [2.24, 2.45) is 0 Å². The third-order valence-corrected chi connectivity index (χ3v) is 4.26. The first-order valence-electron chi connectivity index (χ1n) is 7.49. The Balaban J connectivity index is 1.58. The molecule has 3 nitrogen and oxygen atoms in total. The van der Waals surface area contributed by atoms with Crippen LogP contribution in [0.3, 0.4) is 0 Å². The summed E-state index contributed by atoms with van der Waals surface area (Å²) in [4.78, 5) is 7.19. The maximum Gasteiger partial charge on any atom is 0.126 e. The van der Waals surface area contributed by atoms with Crippen LogP contribution in [0.5, 0.6) is 0 Å². The number of nitrogens with one attached hydrogen (secondary N) is 1. The molecule has 19 heavy (non-hydrogen) atoms. The Morgan fingerprint density at radius 2 is 2.00 bits per heavy atom. The highest BCUT2D eigenvalue weighted by Crippen LogP contribution is 2.30. The minimum atomic E-state index is 0.182. The molecule has 1 saturated carbocycles. The summed E-state index contributed by atoms with van der Waals surface area (Å²) >= 11 is 0. The van der Waals surface area contributed by atoms with Crippen LogP contribution in [-0.4, -0.2) is 35.1 Å². The Hall–Kier alpha value is -1.09. The van der Waals surface area contributed by atoms with E-state index in [0.29, 0.717) is 6.04 Å². The first-order valence-corrected chi connectivity index (χ1v) is 7.49. The fourth-order valence-corrected chi connectivity index (χ4v) is 2.81. The summed E-state index contributed by atoms with van der Waals surface area (Å²) in [5, 5.41) is 3.58. The summed E-state index contributed by atoms with van der Waals surface area (Å²) < 4.78 is 0. The summed E-state index contributed by atoms with van der Waals surface area (Å²) in [6.45, 7) is 9.11. The predicted molar refractivity (Wildman–Crippen MR) is 79.6 cm³/mol. The van der Waals surface area contributed by atoms with Crippen molar-refractivity contribution in [3.63, 3.8) is 0 Å². The minimum Gasteiger partial charge on any atom is -0.366 e. The van der Waals surface area contributed by atoms with Crippen molar-refractivity contribution in [3.8, 4) is 0 Å². The molecule has 0 aromatic carbocycles. The summed E-state index contributed by atoms with van der Waals surface area (Å²) in [7, 11) is 0. The highest BCUT2D eigenvalue weighted by Gasteiger charge is 2.34. The van der Waals surface area contributed by atoms with Crippen LogP contribution in [0.25, 0.3) is 0 Å². The lowest BCUT2D eigenvalue weighted by atomic mass is 9.88. The molecular formula is C16H25N3. The van der Waals surface area contributed by atoms with E-state index in [0.717, 1.165) is 11.9 Å². The van der Waals surface area contributed by atoms with Gasteiger partial charge < -0.3 is 5.32 Å². The van der Waals surface area contributed by atoms with E-state index in [1.165, 1.54) is 37.9 Å². The second kappa shape index (κ2) is 4.78. The van der Waals surface area contributed by atoms with Crippen LogP contribution in [0, 0.1) is 0 Å². The maximum absolute atomic E-state index is 4.56. The van der Waals surface area contributed by atoms with Gasteiger partial charge in [-0.3, -0.25) is 4.90 Å². The lowest BCUT2D eigenvalue weighted by Crippen LogP contribution is -2.28. The average molecular weight is 259 g/mol. The van der Waals surface area contributed by atoms with E-state index in [9.17, 15) is 0 Å². The van der Waals surface area contributed by atoms with Gasteiger partial charge in [-0.05, 0) is 36.3 Å². The van der Waals surface area contributed by atoms with Crippen molar-refractivity contribution in [2.45, 2.75) is 57.5 Å². The minimum absolute atomic E-state index is 0.182. The molecule has 1 N–H and O–H groups in total. The van der Waals surface area contributed by atoms with Crippen LogP contribution in [0.15, 0.2) is 18.3 Å². The number of aromatic nitrogens is 1. The lowest BCUT2D eigenvalue weighted by molar-refractivity contribution is 0.326. The number of pyridine rings is 1.